The number of nitrogen functional groups attached to an aromatic ring is 1. The Balaban J connectivity index is 2.60. The van der Waals surface area contributed by atoms with Crippen molar-refractivity contribution in [2.45, 2.75) is 13.3 Å². The molecule has 0 spiro atoms. The van der Waals surface area contributed by atoms with Crippen molar-refractivity contribution in [3.8, 4) is 0 Å². The van der Waals surface area contributed by atoms with Crippen molar-refractivity contribution < 1.29 is 4.79 Å². The van der Waals surface area contributed by atoms with Crippen molar-refractivity contribution >= 4 is 29.0 Å². The number of amides is 1. The maximum Gasteiger partial charge on any atom is 0.225 e. The molecule has 1 rings (SSSR count). The van der Waals surface area contributed by atoms with E-state index in [4.69, 9.17) is 5.73 Å². The summed E-state index contributed by atoms with van der Waals surface area (Å²) in [6.45, 7) is 1.97. The van der Waals surface area contributed by atoms with Gasteiger partial charge in [0.05, 0.1) is 11.4 Å². The van der Waals surface area contributed by atoms with Gasteiger partial charge in [-0.25, -0.2) is 0 Å². The summed E-state index contributed by atoms with van der Waals surface area (Å²) in [5.74, 6) is 0.845. The van der Waals surface area contributed by atoms with Gasteiger partial charge in [0.15, 0.2) is 0 Å². The predicted molar refractivity (Wildman–Crippen MR) is 67.2 cm³/mol. The fourth-order valence-electron chi connectivity index (χ4n) is 1.20. The molecule has 3 nitrogen and oxygen atoms in total. The van der Waals surface area contributed by atoms with E-state index in [-0.39, 0.29) is 5.91 Å². The van der Waals surface area contributed by atoms with Gasteiger partial charge in [0.25, 0.3) is 0 Å². The first kappa shape index (κ1) is 11.9. The number of nitrogens with one attached hydrogen (secondary N) is 1. The number of hydrogen-bond acceptors (Lipinski definition) is 3. The highest BCUT2D eigenvalue weighted by Gasteiger charge is 2.04. The predicted octanol–water partition coefficient (Wildman–Crippen LogP) is 2.27. The lowest BCUT2D eigenvalue weighted by Gasteiger charge is -2.08. The molecule has 0 saturated heterocycles. The van der Waals surface area contributed by atoms with Gasteiger partial charge >= 0.3 is 0 Å². The summed E-state index contributed by atoms with van der Waals surface area (Å²) in [4.78, 5) is 11.4. The highest BCUT2D eigenvalue weighted by atomic mass is 32.2. The highest BCUT2D eigenvalue weighted by molar-refractivity contribution is 7.98. The topological polar surface area (TPSA) is 55.1 Å². The number of carbonyl (C=O) groups excluding carboxylic acids is 1. The van der Waals surface area contributed by atoms with Crippen LogP contribution in [0.1, 0.15) is 12.0 Å². The molecule has 1 aromatic carbocycles. The van der Waals surface area contributed by atoms with Gasteiger partial charge in [-0.1, -0.05) is 6.07 Å². The molecule has 1 aromatic rings. The van der Waals surface area contributed by atoms with Crippen molar-refractivity contribution in [2.75, 3.05) is 23.1 Å². The molecule has 0 aliphatic heterocycles. The zero-order valence-electron chi connectivity index (χ0n) is 9.04. The maximum atomic E-state index is 11.4. The van der Waals surface area contributed by atoms with Crippen LogP contribution in [0, 0.1) is 6.92 Å². The molecule has 0 heterocycles. The second-order valence-corrected chi connectivity index (χ2v) is 4.37. The van der Waals surface area contributed by atoms with Crippen LogP contribution in [-0.2, 0) is 4.79 Å². The zero-order chi connectivity index (χ0) is 11.3. The van der Waals surface area contributed by atoms with E-state index in [0.717, 1.165) is 11.3 Å². The summed E-state index contributed by atoms with van der Waals surface area (Å²) >= 11 is 1.66. The molecule has 4 heteroatoms. The molecule has 0 atom stereocenters. The van der Waals surface area contributed by atoms with Crippen LogP contribution in [0.5, 0.6) is 0 Å². The summed E-state index contributed by atoms with van der Waals surface area (Å²) < 4.78 is 0. The SMILES string of the molecule is CSCCC(=O)Nc1ccc(C)cc1N. The largest absolute Gasteiger partial charge is 0.397 e. The van der Waals surface area contributed by atoms with Crippen LogP contribution in [0.25, 0.3) is 0 Å². The summed E-state index contributed by atoms with van der Waals surface area (Å²) in [6.07, 6.45) is 2.50. The molecule has 0 bridgehead atoms. The normalized spacial score (nSPS) is 10.0. The Kier molecular flexibility index (Phi) is 4.49. The number of hydrogen-bond donors (Lipinski definition) is 2. The first-order valence-electron chi connectivity index (χ1n) is 4.78. The molecule has 0 aliphatic rings. The lowest BCUT2D eigenvalue weighted by molar-refractivity contribution is -0.115. The van der Waals surface area contributed by atoms with Crippen molar-refractivity contribution in [3.63, 3.8) is 0 Å². The van der Waals surface area contributed by atoms with E-state index in [0.29, 0.717) is 17.8 Å². The molecule has 0 aromatic heterocycles. The Hall–Kier alpha value is -1.16. The van der Waals surface area contributed by atoms with Gasteiger partial charge in [0.1, 0.15) is 0 Å². The van der Waals surface area contributed by atoms with E-state index in [1.165, 1.54) is 0 Å². The van der Waals surface area contributed by atoms with E-state index in [9.17, 15) is 4.79 Å². The van der Waals surface area contributed by atoms with E-state index in [2.05, 4.69) is 5.32 Å². The third kappa shape index (κ3) is 3.83. The van der Waals surface area contributed by atoms with Crippen LogP contribution in [0.4, 0.5) is 11.4 Å². The molecular formula is C11H16N2OS. The number of benzene rings is 1. The summed E-state index contributed by atoms with van der Waals surface area (Å²) in [5, 5.41) is 2.79. The molecule has 15 heavy (non-hydrogen) atoms. The Morgan fingerprint density at radius 3 is 2.87 bits per heavy atom. The molecule has 0 saturated carbocycles. The third-order valence-corrected chi connectivity index (χ3v) is 2.63. The van der Waals surface area contributed by atoms with Crippen molar-refractivity contribution in [1.29, 1.82) is 0 Å². The van der Waals surface area contributed by atoms with Gasteiger partial charge < -0.3 is 11.1 Å². The van der Waals surface area contributed by atoms with Crippen molar-refractivity contribution in [1.82, 2.24) is 0 Å². The molecule has 1 amide bonds. The Morgan fingerprint density at radius 1 is 1.53 bits per heavy atom. The van der Waals surface area contributed by atoms with E-state index in [1.54, 1.807) is 11.8 Å². The summed E-state index contributed by atoms with van der Waals surface area (Å²) in [6, 6.07) is 5.62. The number of anilines is 2. The third-order valence-electron chi connectivity index (χ3n) is 2.01. The molecule has 3 N–H and O–H groups in total. The molecule has 82 valence electrons. The second kappa shape index (κ2) is 5.66. The van der Waals surface area contributed by atoms with Crippen LogP contribution < -0.4 is 11.1 Å². The summed E-state index contributed by atoms with van der Waals surface area (Å²) in [5.41, 5.74) is 8.19. The van der Waals surface area contributed by atoms with Crippen LogP contribution in [0.15, 0.2) is 18.2 Å². The number of aryl methyl sites for hydroxylation is 1. The van der Waals surface area contributed by atoms with Gasteiger partial charge in [0, 0.05) is 12.2 Å². The molecule has 0 unspecified atom stereocenters. The van der Waals surface area contributed by atoms with Crippen LogP contribution in [0.3, 0.4) is 0 Å². The minimum Gasteiger partial charge on any atom is -0.397 e. The van der Waals surface area contributed by atoms with Crippen LogP contribution in [-0.4, -0.2) is 17.9 Å². The average molecular weight is 224 g/mol. The van der Waals surface area contributed by atoms with Gasteiger partial charge in [-0.3, -0.25) is 4.79 Å². The van der Waals surface area contributed by atoms with Crippen LogP contribution in [0.2, 0.25) is 0 Å². The number of rotatable bonds is 4. The summed E-state index contributed by atoms with van der Waals surface area (Å²) in [7, 11) is 0. The van der Waals surface area contributed by atoms with Gasteiger partial charge in [-0.2, -0.15) is 11.8 Å². The first-order chi connectivity index (χ1) is 7.13. The molecule has 0 radical (unpaired) electrons. The van der Waals surface area contributed by atoms with Gasteiger partial charge in [0.2, 0.25) is 5.91 Å². The lowest BCUT2D eigenvalue weighted by atomic mass is 10.2. The fraction of sp³-hybridized carbons (Fsp3) is 0.364. The van der Waals surface area contributed by atoms with E-state index in [1.807, 2.05) is 31.4 Å². The Bertz CT molecular complexity index is 352. The fourth-order valence-corrected chi connectivity index (χ4v) is 1.59. The minimum absolute atomic E-state index is 0.0138. The number of nitrogens with two attached hydrogens (primary N) is 1. The van der Waals surface area contributed by atoms with E-state index >= 15 is 0 Å². The number of thioether (sulfide) groups is 1. The first-order valence-corrected chi connectivity index (χ1v) is 6.18. The molecular weight excluding hydrogens is 208 g/mol. The monoisotopic (exact) mass is 224 g/mol. The number of carbonyl (C=O) groups is 1. The Labute approximate surface area is 94.4 Å². The zero-order valence-corrected chi connectivity index (χ0v) is 9.86. The quantitative estimate of drug-likeness (QED) is 0.771. The van der Waals surface area contributed by atoms with Crippen molar-refractivity contribution in [2.24, 2.45) is 0 Å². The van der Waals surface area contributed by atoms with E-state index < -0.39 is 0 Å². The molecule has 0 aliphatic carbocycles. The van der Waals surface area contributed by atoms with Gasteiger partial charge in [-0.15, -0.1) is 0 Å². The molecule has 0 fully saturated rings. The van der Waals surface area contributed by atoms with Crippen LogP contribution >= 0.6 is 11.8 Å². The highest BCUT2D eigenvalue weighted by Crippen LogP contribution is 2.19. The standard InChI is InChI=1S/C11H16N2OS/c1-8-3-4-10(9(12)7-8)13-11(14)5-6-15-2/h3-4,7H,5-6,12H2,1-2H3,(H,13,14). The second-order valence-electron chi connectivity index (χ2n) is 3.38. The van der Waals surface area contributed by atoms with Crippen molar-refractivity contribution in [3.05, 3.63) is 23.8 Å². The maximum absolute atomic E-state index is 11.4. The minimum atomic E-state index is 0.0138. The lowest BCUT2D eigenvalue weighted by Crippen LogP contribution is -2.13. The smallest absolute Gasteiger partial charge is 0.225 e. The Morgan fingerprint density at radius 2 is 2.27 bits per heavy atom. The van der Waals surface area contributed by atoms with Gasteiger partial charge in [-0.05, 0) is 30.9 Å². The average Bonchev–Trinajstić information content (AvgIpc) is 2.19.